The molecule has 0 radical (unpaired) electrons. The van der Waals surface area contributed by atoms with Gasteiger partial charge >= 0.3 is 0 Å². The van der Waals surface area contributed by atoms with Gasteiger partial charge in [0.15, 0.2) is 0 Å². The van der Waals surface area contributed by atoms with Gasteiger partial charge in [0.1, 0.15) is 23.0 Å². The Bertz CT molecular complexity index is 1600. The molecule has 3 aromatic carbocycles. The predicted octanol–water partition coefficient (Wildman–Crippen LogP) is 24.1. The van der Waals surface area contributed by atoms with Gasteiger partial charge in [0, 0.05) is 10.8 Å². The van der Waals surface area contributed by atoms with E-state index in [0.29, 0.717) is 36.5 Å². The molecule has 0 heterocycles. The molecule has 0 aromatic heterocycles. The number of halogens is 2. The van der Waals surface area contributed by atoms with Crippen LogP contribution in [0.2, 0.25) is 10.0 Å². The molecule has 0 fully saturated rings. The quantitative estimate of drug-likeness (QED) is 0.0417. The molecule has 0 N–H and O–H groups in total. The van der Waals surface area contributed by atoms with Gasteiger partial charge in [-0.2, -0.15) is 0 Å². The first-order chi connectivity index (χ1) is 35.6. The van der Waals surface area contributed by atoms with E-state index in [9.17, 15) is 0 Å². The Morgan fingerprint density at radius 2 is 0.458 bits per heavy atom. The molecule has 3 rings (SSSR count). The first-order valence-corrected chi connectivity index (χ1v) is 32.2. The minimum Gasteiger partial charge on any atom is -0.493 e. The normalized spacial score (nSPS) is 11.6. The van der Waals surface area contributed by atoms with Crippen molar-refractivity contribution in [3.05, 3.63) is 34.3 Å². The van der Waals surface area contributed by atoms with Crippen molar-refractivity contribution in [3.63, 3.8) is 0 Å². The highest BCUT2D eigenvalue weighted by molar-refractivity contribution is 6.43. The largest absolute Gasteiger partial charge is 0.493 e. The van der Waals surface area contributed by atoms with Crippen LogP contribution in [0.15, 0.2) is 24.3 Å². The van der Waals surface area contributed by atoms with Gasteiger partial charge in [0.25, 0.3) is 0 Å². The van der Waals surface area contributed by atoms with Crippen LogP contribution in [0.5, 0.6) is 23.0 Å². The lowest BCUT2D eigenvalue weighted by atomic mass is 9.98. The number of ether oxygens (including phenoxy) is 4. The minimum absolute atomic E-state index is 0.520. The topological polar surface area (TPSA) is 36.9 Å². The number of hydrogen-bond donors (Lipinski definition) is 0. The van der Waals surface area contributed by atoms with Crippen molar-refractivity contribution in [1.29, 1.82) is 0 Å². The zero-order valence-corrected chi connectivity index (χ0v) is 49.2. The van der Waals surface area contributed by atoms with Crippen LogP contribution in [0.1, 0.15) is 310 Å². The molecule has 0 amide bonds. The average Bonchev–Trinajstić information content (AvgIpc) is 3.38. The van der Waals surface area contributed by atoms with Crippen LogP contribution in [0.4, 0.5) is 0 Å². The van der Waals surface area contributed by atoms with Crippen molar-refractivity contribution in [1.82, 2.24) is 0 Å². The van der Waals surface area contributed by atoms with Gasteiger partial charge in [0.05, 0.1) is 47.2 Å². The number of hydrogen-bond acceptors (Lipinski definition) is 4. The molecule has 0 bridgehead atoms. The fourth-order valence-corrected chi connectivity index (χ4v) is 10.9. The number of benzene rings is 3. The summed E-state index contributed by atoms with van der Waals surface area (Å²) in [7, 11) is 0. The van der Waals surface area contributed by atoms with E-state index in [1.165, 1.54) is 244 Å². The van der Waals surface area contributed by atoms with Gasteiger partial charge in [-0.25, -0.2) is 0 Å². The Hall–Kier alpha value is -2.04. The third-order valence-corrected chi connectivity index (χ3v) is 15.9. The van der Waals surface area contributed by atoms with Crippen molar-refractivity contribution < 1.29 is 18.9 Å². The SMILES string of the molecule is CCCCCCCCCCCCCOc1ccc(OCCCCCCCCCCCCC)c2c(OCCCCCCCCCCCCC)c3cc(Cl)c(Cl)cc3c(OCCCCCCCCCCCCC)c12. The zero-order chi connectivity index (χ0) is 51.4. The summed E-state index contributed by atoms with van der Waals surface area (Å²) in [5, 5.41) is 4.78. The van der Waals surface area contributed by atoms with Crippen molar-refractivity contribution in [2.45, 2.75) is 310 Å². The molecule has 414 valence electrons. The standard InChI is InChI=1S/C66H112Cl2O4/c1-5-9-13-17-21-25-29-33-37-41-45-51-69-61-49-50-62(70-52-46-42-38-34-30-26-22-18-14-10-6-2)64-63(61)65(71-53-47-43-39-35-31-27-23-19-15-11-7-3)57-55-59(67)60(68)56-58(57)66(64)72-54-48-44-40-36-32-28-24-20-16-12-8-4/h49-50,55-56H,5-48,51-54H2,1-4H3. The minimum atomic E-state index is 0.520. The molecule has 72 heavy (non-hydrogen) atoms. The summed E-state index contributed by atoms with van der Waals surface area (Å²) in [6.45, 7) is 11.8. The van der Waals surface area contributed by atoms with Crippen LogP contribution in [0.3, 0.4) is 0 Å². The fraction of sp³-hybridized carbons (Fsp3) is 0.788. The summed E-state index contributed by atoms with van der Waals surface area (Å²) >= 11 is 13.8. The van der Waals surface area contributed by atoms with Crippen LogP contribution in [0.25, 0.3) is 21.5 Å². The fourth-order valence-electron chi connectivity index (χ4n) is 10.5. The molecule has 0 spiro atoms. The van der Waals surface area contributed by atoms with Crippen LogP contribution in [-0.4, -0.2) is 26.4 Å². The van der Waals surface area contributed by atoms with Crippen LogP contribution in [0, 0.1) is 0 Å². The predicted molar refractivity (Wildman–Crippen MR) is 319 cm³/mol. The third kappa shape index (κ3) is 28.7. The Morgan fingerprint density at radius 3 is 0.681 bits per heavy atom. The number of fused-ring (bicyclic) bond motifs is 2. The van der Waals surface area contributed by atoms with Gasteiger partial charge < -0.3 is 18.9 Å². The molecule has 0 atom stereocenters. The molecule has 0 unspecified atom stereocenters. The zero-order valence-electron chi connectivity index (χ0n) is 47.6. The maximum Gasteiger partial charge on any atom is 0.139 e. The second kappa shape index (κ2) is 45.2. The van der Waals surface area contributed by atoms with Crippen molar-refractivity contribution in [3.8, 4) is 23.0 Å². The van der Waals surface area contributed by atoms with E-state index in [-0.39, 0.29) is 0 Å². The lowest BCUT2D eigenvalue weighted by molar-refractivity contribution is 0.290. The van der Waals surface area contributed by atoms with Gasteiger partial charge in [-0.3, -0.25) is 0 Å². The van der Waals surface area contributed by atoms with E-state index in [1.807, 2.05) is 12.1 Å². The summed E-state index contributed by atoms with van der Waals surface area (Å²) in [6.07, 6.45) is 57.2. The highest BCUT2D eigenvalue weighted by atomic mass is 35.5. The second-order valence-electron chi connectivity index (χ2n) is 21.8. The first kappa shape index (κ1) is 64.2. The Labute approximate surface area is 455 Å². The van der Waals surface area contributed by atoms with Crippen LogP contribution < -0.4 is 18.9 Å². The first-order valence-electron chi connectivity index (χ1n) is 31.5. The molecular formula is C66H112Cl2O4. The monoisotopic (exact) mass is 1040 g/mol. The molecule has 6 heteroatoms. The summed E-state index contributed by atoms with van der Waals surface area (Å²) in [6, 6.07) is 8.25. The molecule has 0 aliphatic carbocycles. The summed E-state index contributed by atoms with van der Waals surface area (Å²) in [5.41, 5.74) is 0. The highest BCUT2D eigenvalue weighted by Crippen LogP contribution is 2.52. The molecule has 0 aliphatic rings. The summed E-state index contributed by atoms with van der Waals surface area (Å²) < 4.78 is 27.7. The molecule has 0 aliphatic heterocycles. The lowest BCUT2D eigenvalue weighted by Gasteiger charge is -2.22. The van der Waals surface area contributed by atoms with E-state index >= 15 is 0 Å². The molecule has 0 saturated carbocycles. The van der Waals surface area contributed by atoms with Crippen molar-refractivity contribution in [2.24, 2.45) is 0 Å². The van der Waals surface area contributed by atoms with E-state index in [0.717, 1.165) is 83.1 Å². The smallest absolute Gasteiger partial charge is 0.139 e. The van der Waals surface area contributed by atoms with Gasteiger partial charge in [-0.15, -0.1) is 0 Å². The Morgan fingerprint density at radius 1 is 0.264 bits per heavy atom. The second-order valence-corrected chi connectivity index (χ2v) is 22.6. The van der Waals surface area contributed by atoms with Gasteiger partial charge in [-0.05, 0) is 49.9 Å². The van der Waals surface area contributed by atoms with E-state index in [4.69, 9.17) is 42.1 Å². The van der Waals surface area contributed by atoms with Gasteiger partial charge in [-0.1, -0.05) is 308 Å². The maximum absolute atomic E-state index is 7.02. The maximum atomic E-state index is 7.02. The lowest BCUT2D eigenvalue weighted by Crippen LogP contribution is -2.06. The molecule has 3 aromatic rings. The van der Waals surface area contributed by atoms with Crippen LogP contribution >= 0.6 is 23.2 Å². The van der Waals surface area contributed by atoms with E-state index < -0.39 is 0 Å². The van der Waals surface area contributed by atoms with Crippen LogP contribution in [-0.2, 0) is 0 Å². The summed E-state index contributed by atoms with van der Waals surface area (Å²) in [4.78, 5) is 0. The summed E-state index contributed by atoms with van der Waals surface area (Å²) in [5.74, 6) is 3.28. The van der Waals surface area contributed by atoms with Crippen molar-refractivity contribution >= 4 is 44.7 Å². The highest BCUT2D eigenvalue weighted by Gasteiger charge is 2.25. The third-order valence-electron chi connectivity index (χ3n) is 15.1. The molecular weight excluding hydrogens is 928 g/mol. The molecule has 0 saturated heterocycles. The number of unbranched alkanes of at least 4 members (excludes halogenated alkanes) is 40. The van der Waals surface area contributed by atoms with E-state index in [2.05, 4.69) is 39.8 Å². The van der Waals surface area contributed by atoms with Gasteiger partial charge in [0.2, 0.25) is 0 Å². The Kier molecular flexibility index (Phi) is 40.3. The van der Waals surface area contributed by atoms with Crippen molar-refractivity contribution in [2.75, 3.05) is 26.4 Å². The van der Waals surface area contributed by atoms with E-state index in [1.54, 1.807) is 0 Å². The molecule has 4 nitrogen and oxygen atoms in total. The number of rotatable bonds is 52. The Balaban J connectivity index is 1.84. The average molecular weight is 1040 g/mol.